The summed E-state index contributed by atoms with van der Waals surface area (Å²) < 4.78 is 1.78. The zero-order chi connectivity index (χ0) is 18.1. The Bertz CT molecular complexity index is 809. The molecule has 1 aromatic carbocycles. The molecule has 136 valence electrons. The molecule has 1 saturated heterocycles. The molecule has 1 aromatic heterocycles. The van der Waals surface area contributed by atoms with Crippen LogP contribution in [0.4, 0.5) is 11.4 Å². The van der Waals surface area contributed by atoms with Crippen molar-refractivity contribution in [3.8, 4) is 0 Å². The number of aromatic nitrogens is 2. The van der Waals surface area contributed by atoms with E-state index >= 15 is 0 Å². The first kappa shape index (κ1) is 16.6. The van der Waals surface area contributed by atoms with E-state index in [1.54, 1.807) is 10.9 Å². The van der Waals surface area contributed by atoms with E-state index in [0.29, 0.717) is 32.5 Å². The molecule has 7 nitrogen and oxygen atoms in total. The maximum absolute atomic E-state index is 12.7. The average molecular weight is 353 g/mol. The Morgan fingerprint density at radius 2 is 1.96 bits per heavy atom. The number of anilines is 2. The highest BCUT2D eigenvalue weighted by molar-refractivity contribution is 6.06. The maximum atomic E-state index is 12.7. The molecule has 2 aliphatic rings. The second-order valence-electron chi connectivity index (χ2n) is 7.16. The van der Waals surface area contributed by atoms with Gasteiger partial charge in [-0.25, -0.2) is 0 Å². The molecule has 2 aliphatic heterocycles. The summed E-state index contributed by atoms with van der Waals surface area (Å²) in [5, 5.41) is 10.6. The summed E-state index contributed by atoms with van der Waals surface area (Å²) in [7, 11) is 0. The Morgan fingerprint density at radius 1 is 1.23 bits per heavy atom. The first-order valence-electron chi connectivity index (χ1n) is 9.02. The van der Waals surface area contributed by atoms with Gasteiger partial charge >= 0.3 is 0 Å². The normalized spacial score (nSPS) is 19.4. The zero-order valence-electron chi connectivity index (χ0n) is 14.8. The number of fused-ring (bicyclic) bond motifs is 1. The molecule has 3 heterocycles. The first-order chi connectivity index (χ1) is 12.6. The molecule has 2 amide bonds. The molecular formula is C19H23N5O2. The number of nitrogens with one attached hydrogen (secondary N) is 2. The van der Waals surface area contributed by atoms with Crippen LogP contribution >= 0.6 is 0 Å². The SMILES string of the molecule is C[C@H](Cn1cccn1)C(=O)N1CCC2(CC1)Nc1ccccc1NC2=O. The van der Waals surface area contributed by atoms with Gasteiger partial charge in [0.25, 0.3) is 0 Å². The topological polar surface area (TPSA) is 79.3 Å². The third kappa shape index (κ3) is 2.94. The van der Waals surface area contributed by atoms with Crippen LogP contribution in [0, 0.1) is 5.92 Å². The lowest BCUT2D eigenvalue weighted by molar-refractivity contribution is -0.138. The Hall–Kier alpha value is -2.83. The summed E-state index contributed by atoms with van der Waals surface area (Å²) >= 11 is 0. The Balaban J connectivity index is 1.41. The standard InChI is InChI=1S/C19H23N5O2/c1-14(13-24-10-4-9-20-24)17(25)23-11-7-19(8-12-23)18(26)21-15-5-2-3-6-16(15)22-19/h2-6,9-10,14,22H,7-8,11-13H2,1H3,(H,21,26)/t14-/m1/s1. The molecule has 0 bridgehead atoms. The molecule has 0 saturated carbocycles. The Labute approximate surface area is 152 Å². The summed E-state index contributed by atoms with van der Waals surface area (Å²) in [5.74, 6) is -0.0299. The summed E-state index contributed by atoms with van der Waals surface area (Å²) in [4.78, 5) is 27.3. The minimum atomic E-state index is -0.629. The molecule has 2 aromatic rings. The van der Waals surface area contributed by atoms with E-state index in [1.165, 1.54) is 0 Å². The fourth-order valence-corrected chi connectivity index (χ4v) is 3.80. The number of likely N-dealkylation sites (tertiary alicyclic amines) is 1. The smallest absolute Gasteiger partial charge is 0.250 e. The quantitative estimate of drug-likeness (QED) is 0.884. The summed E-state index contributed by atoms with van der Waals surface area (Å²) in [6.45, 7) is 3.64. The van der Waals surface area contributed by atoms with Gasteiger partial charge in [0.15, 0.2) is 0 Å². The van der Waals surface area contributed by atoms with Crippen molar-refractivity contribution in [2.75, 3.05) is 23.7 Å². The summed E-state index contributed by atoms with van der Waals surface area (Å²) in [5.41, 5.74) is 1.13. The number of nitrogens with zero attached hydrogens (tertiary/aromatic N) is 3. The van der Waals surface area contributed by atoms with Crippen LogP contribution in [-0.2, 0) is 16.1 Å². The van der Waals surface area contributed by atoms with E-state index in [1.807, 2.05) is 48.4 Å². The van der Waals surface area contributed by atoms with Crippen LogP contribution < -0.4 is 10.6 Å². The van der Waals surface area contributed by atoms with Crippen LogP contribution in [0.25, 0.3) is 0 Å². The largest absolute Gasteiger partial charge is 0.369 e. The monoisotopic (exact) mass is 353 g/mol. The van der Waals surface area contributed by atoms with Gasteiger partial charge in [-0.05, 0) is 31.0 Å². The van der Waals surface area contributed by atoms with Crippen molar-refractivity contribution in [1.29, 1.82) is 0 Å². The molecule has 26 heavy (non-hydrogen) atoms. The van der Waals surface area contributed by atoms with E-state index in [0.717, 1.165) is 11.4 Å². The van der Waals surface area contributed by atoms with Crippen LogP contribution in [0.2, 0.25) is 0 Å². The van der Waals surface area contributed by atoms with E-state index < -0.39 is 5.54 Å². The number of carbonyl (C=O) groups excluding carboxylic acids is 2. The number of piperidine rings is 1. The van der Waals surface area contributed by atoms with Gasteiger partial charge in [-0.3, -0.25) is 14.3 Å². The van der Waals surface area contributed by atoms with Crippen molar-refractivity contribution in [2.24, 2.45) is 5.92 Å². The van der Waals surface area contributed by atoms with Gasteiger partial charge in [0, 0.05) is 25.5 Å². The van der Waals surface area contributed by atoms with Gasteiger partial charge in [-0.1, -0.05) is 19.1 Å². The number of hydrogen-bond acceptors (Lipinski definition) is 4. The van der Waals surface area contributed by atoms with Gasteiger partial charge in [-0.15, -0.1) is 0 Å². The van der Waals surface area contributed by atoms with Gasteiger partial charge in [0.05, 0.1) is 23.8 Å². The molecule has 1 atom stereocenters. The maximum Gasteiger partial charge on any atom is 0.250 e. The number of hydrogen-bond donors (Lipinski definition) is 2. The Kier molecular flexibility index (Phi) is 4.14. The number of amides is 2. The van der Waals surface area contributed by atoms with Gasteiger partial charge < -0.3 is 15.5 Å². The fraction of sp³-hybridized carbons (Fsp3) is 0.421. The predicted octanol–water partition coefficient (Wildman–Crippen LogP) is 1.94. The lowest BCUT2D eigenvalue weighted by Gasteiger charge is -2.44. The van der Waals surface area contributed by atoms with E-state index in [2.05, 4.69) is 15.7 Å². The van der Waals surface area contributed by atoms with Crippen molar-refractivity contribution in [1.82, 2.24) is 14.7 Å². The van der Waals surface area contributed by atoms with Gasteiger partial charge in [-0.2, -0.15) is 5.10 Å². The number of benzene rings is 1. The number of para-hydroxylation sites is 2. The van der Waals surface area contributed by atoms with Crippen LogP contribution in [-0.4, -0.2) is 45.1 Å². The first-order valence-corrected chi connectivity index (χ1v) is 9.02. The lowest BCUT2D eigenvalue weighted by atomic mass is 9.84. The molecule has 0 aliphatic carbocycles. The fourth-order valence-electron chi connectivity index (χ4n) is 3.80. The third-order valence-corrected chi connectivity index (χ3v) is 5.35. The Morgan fingerprint density at radius 3 is 2.65 bits per heavy atom. The zero-order valence-corrected chi connectivity index (χ0v) is 14.8. The van der Waals surface area contributed by atoms with Crippen LogP contribution in [0.5, 0.6) is 0 Å². The molecule has 0 radical (unpaired) electrons. The molecule has 7 heteroatoms. The molecule has 1 fully saturated rings. The summed E-state index contributed by atoms with van der Waals surface area (Å²) in [6.07, 6.45) is 4.79. The number of rotatable bonds is 3. The molecular weight excluding hydrogens is 330 g/mol. The van der Waals surface area contributed by atoms with E-state index in [-0.39, 0.29) is 17.7 Å². The van der Waals surface area contributed by atoms with Crippen LogP contribution in [0.1, 0.15) is 19.8 Å². The highest BCUT2D eigenvalue weighted by Crippen LogP contribution is 2.36. The predicted molar refractivity (Wildman–Crippen MR) is 98.6 cm³/mol. The van der Waals surface area contributed by atoms with Crippen molar-refractivity contribution < 1.29 is 9.59 Å². The van der Waals surface area contributed by atoms with Crippen molar-refractivity contribution in [3.05, 3.63) is 42.7 Å². The van der Waals surface area contributed by atoms with Crippen molar-refractivity contribution in [2.45, 2.75) is 31.8 Å². The van der Waals surface area contributed by atoms with E-state index in [9.17, 15) is 9.59 Å². The van der Waals surface area contributed by atoms with Gasteiger partial charge in [0.1, 0.15) is 5.54 Å². The number of carbonyl (C=O) groups is 2. The lowest BCUT2D eigenvalue weighted by Crippen LogP contribution is -2.59. The third-order valence-electron chi connectivity index (χ3n) is 5.35. The van der Waals surface area contributed by atoms with Crippen LogP contribution in [0.3, 0.4) is 0 Å². The highest BCUT2D eigenvalue weighted by atomic mass is 16.2. The molecule has 0 unspecified atom stereocenters. The van der Waals surface area contributed by atoms with Crippen molar-refractivity contribution >= 4 is 23.2 Å². The van der Waals surface area contributed by atoms with E-state index in [4.69, 9.17) is 0 Å². The summed E-state index contributed by atoms with van der Waals surface area (Å²) in [6, 6.07) is 9.57. The molecule has 4 rings (SSSR count). The van der Waals surface area contributed by atoms with Gasteiger partial charge in [0.2, 0.25) is 11.8 Å². The molecule has 2 N–H and O–H groups in total. The minimum absolute atomic E-state index is 0.00658. The highest BCUT2D eigenvalue weighted by Gasteiger charge is 2.45. The average Bonchev–Trinajstić information content (AvgIpc) is 3.16. The minimum Gasteiger partial charge on any atom is -0.369 e. The van der Waals surface area contributed by atoms with Crippen LogP contribution in [0.15, 0.2) is 42.7 Å². The second-order valence-corrected chi connectivity index (χ2v) is 7.16. The molecule has 1 spiro atoms. The second kappa shape index (κ2) is 6.48. The van der Waals surface area contributed by atoms with Crippen molar-refractivity contribution in [3.63, 3.8) is 0 Å².